The third-order valence-electron chi connectivity index (χ3n) is 3.92. The van der Waals surface area contributed by atoms with Crippen LogP contribution >= 0.6 is 11.6 Å². The second kappa shape index (κ2) is 6.58. The SMILES string of the molecule is Cc1noc([C@H]2CCN(C(=O)COc3ccc(Cl)cc3C)C2)n1. The van der Waals surface area contributed by atoms with Crippen LogP contribution in [-0.4, -0.2) is 40.6 Å². The highest BCUT2D eigenvalue weighted by atomic mass is 35.5. The highest BCUT2D eigenvalue weighted by molar-refractivity contribution is 6.30. The van der Waals surface area contributed by atoms with Crippen molar-refractivity contribution < 1.29 is 14.1 Å². The maximum Gasteiger partial charge on any atom is 0.260 e. The van der Waals surface area contributed by atoms with E-state index in [9.17, 15) is 4.79 Å². The van der Waals surface area contributed by atoms with E-state index >= 15 is 0 Å². The van der Waals surface area contributed by atoms with Crippen LogP contribution in [0.3, 0.4) is 0 Å². The molecule has 1 amide bonds. The summed E-state index contributed by atoms with van der Waals surface area (Å²) in [4.78, 5) is 18.3. The molecule has 1 aromatic carbocycles. The van der Waals surface area contributed by atoms with E-state index in [0.717, 1.165) is 12.0 Å². The van der Waals surface area contributed by atoms with Crippen molar-refractivity contribution in [1.82, 2.24) is 15.0 Å². The van der Waals surface area contributed by atoms with Gasteiger partial charge in [0.15, 0.2) is 12.4 Å². The molecule has 7 heteroatoms. The molecule has 1 atom stereocenters. The van der Waals surface area contributed by atoms with E-state index < -0.39 is 0 Å². The zero-order chi connectivity index (χ0) is 16.4. The van der Waals surface area contributed by atoms with Crippen LogP contribution in [0.4, 0.5) is 0 Å². The molecule has 1 saturated heterocycles. The molecular weight excluding hydrogens is 318 g/mol. The summed E-state index contributed by atoms with van der Waals surface area (Å²) in [6.07, 6.45) is 0.827. The van der Waals surface area contributed by atoms with Gasteiger partial charge < -0.3 is 14.2 Å². The fourth-order valence-electron chi connectivity index (χ4n) is 2.67. The Morgan fingerprint density at radius 1 is 1.48 bits per heavy atom. The van der Waals surface area contributed by atoms with E-state index in [4.69, 9.17) is 20.9 Å². The van der Waals surface area contributed by atoms with Crippen molar-refractivity contribution in [2.75, 3.05) is 19.7 Å². The summed E-state index contributed by atoms with van der Waals surface area (Å²) in [5, 5.41) is 4.45. The quantitative estimate of drug-likeness (QED) is 0.859. The fraction of sp³-hybridized carbons (Fsp3) is 0.438. The number of benzene rings is 1. The number of halogens is 1. The zero-order valence-corrected chi connectivity index (χ0v) is 13.8. The van der Waals surface area contributed by atoms with Gasteiger partial charge in [0.1, 0.15) is 5.75 Å². The molecule has 122 valence electrons. The third-order valence-corrected chi connectivity index (χ3v) is 4.16. The maximum absolute atomic E-state index is 12.3. The first kappa shape index (κ1) is 15.8. The van der Waals surface area contributed by atoms with Crippen molar-refractivity contribution >= 4 is 17.5 Å². The van der Waals surface area contributed by atoms with E-state index in [0.29, 0.717) is 35.6 Å². The summed E-state index contributed by atoms with van der Waals surface area (Å²) in [6.45, 7) is 4.96. The molecule has 1 aliphatic rings. The summed E-state index contributed by atoms with van der Waals surface area (Å²) < 4.78 is 10.8. The van der Waals surface area contributed by atoms with E-state index in [-0.39, 0.29) is 18.4 Å². The molecule has 0 aliphatic carbocycles. The van der Waals surface area contributed by atoms with Crippen LogP contribution < -0.4 is 4.74 Å². The average Bonchev–Trinajstić information content (AvgIpc) is 3.14. The topological polar surface area (TPSA) is 68.5 Å². The van der Waals surface area contributed by atoms with Crippen molar-refractivity contribution in [1.29, 1.82) is 0 Å². The number of nitrogens with zero attached hydrogens (tertiary/aromatic N) is 3. The molecule has 0 saturated carbocycles. The molecule has 6 nitrogen and oxygen atoms in total. The second-order valence-corrected chi connectivity index (χ2v) is 6.14. The lowest BCUT2D eigenvalue weighted by Crippen LogP contribution is -2.33. The number of hydrogen-bond donors (Lipinski definition) is 0. The Bertz CT molecular complexity index is 716. The van der Waals surface area contributed by atoms with Crippen molar-refractivity contribution in [3.63, 3.8) is 0 Å². The summed E-state index contributed by atoms with van der Waals surface area (Å²) >= 11 is 5.91. The molecular formula is C16H18ClN3O3. The minimum atomic E-state index is -0.0434. The third kappa shape index (κ3) is 3.64. The van der Waals surface area contributed by atoms with E-state index in [1.165, 1.54) is 0 Å². The number of carbonyl (C=O) groups is 1. The van der Waals surface area contributed by atoms with Gasteiger partial charge in [-0.2, -0.15) is 4.98 Å². The Balaban J connectivity index is 1.55. The van der Waals surface area contributed by atoms with Crippen molar-refractivity contribution in [2.45, 2.75) is 26.2 Å². The van der Waals surface area contributed by atoms with Gasteiger partial charge in [0.25, 0.3) is 5.91 Å². The number of amides is 1. The van der Waals surface area contributed by atoms with Crippen molar-refractivity contribution in [3.8, 4) is 5.75 Å². The molecule has 1 aromatic heterocycles. The molecule has 0 unspecified atom stereocenters. The first-order chi connectivity index (χ1) is 11.0. The van der Waals surface area contributed by atoms with E-state index in [2.05, 4.69) is 10.1 Å². The maximum atomic E-state index is 12.3. The minimum Gasteiger partial charge on any atom is -0.483 e. The van der Waals surface area contributed by atoms with Crippen LogP contribution in [-0.2, 0) is 4.79 Å². The van der Waals surface area contributed by atoms with Crippen LogP contribution in [0.15, 0.2) is 22.7 Å². The summed E-state index contributed by atoms with van der Waals surface area (Å²) in [5.41, 5.74) is 0.908. The molecule has 0 N–H and O–H groups in total. The van der Waals surface area contributed by atoms with E-state index in [1.54, 1.807) is 24.0 Å². The number of rotatable bonds is 4. The fourth-order valence-corrected chi connectivity index (χ4v) is 2.90. The number of aromatic nitrogens is 2. The summed E-state index contributed by atoms with van der Waals surface area (Å²) in [5.74, 6) is 1.96. The van der Waals surface area contributed by atoms with Gasteiger partial charge in [-0.3, -0.25) is 4.79 Å². The molecule has 0 spiro atoms. The van der Waals surface area contributed by atoms with Gasteiger partial charge in [0.05, 0.1) is 5.92 Å². The van der Waals surface area contributed by atoms with E-state index in [1.807, 2.05) is 13.0 Å². The largest absolute Gasteiger partial charge is 0.483 e. The first-order valence-corrected chi connectivity index (χ1v) is 7.87. The predicted molar refractivity (Wildman–Crippen MR) is 84.7 cm³/mol. The molecule has 1 fully saturated rings. The van der Waals surface area contributed by atoms with Crippen LogP contribution in [0, 0.1) is 13.8 Å². The predicted octanol–water partition coefficient (Wildman–Crippen LogP) is 2.73. The van der Waals surface area contributed by atoms with Gasteiger partial charge in [-0.05, 0) is 44.0 Å². The minimum absolute atomic E-state index is 0.0120. The van der Waals surface area contributed by atoms with Crippen LogP contribution in [0.2, 0.25) is 5.02 Å². The van der Waals surface area contributed by atoms with Crippen molar-refractivity contribution in [2.24, 2.45) is 0 Å². The molecule has 1 aliphatic heterocycles. The van der Waals surface area contributed by atoms with Crippen molar-refractivity contribution in [3.05, 3.63) is 40.5 Å². The molecule has 0 bridgehead atoms. The normalized spacial score (nSPS) is 17.5. The lowest BCUT2D eigenvalue weighted by atomic mass is 10.1. The lowest BCUT2D eigenvalue weighted by molar-refractivity contribution is -0.132. The highest BCUT2D eigenvalue weighted by Crippen LogP contribution is 2.26. The smallest absolute Gasteiger partial charge is 0.260 e. The molecule has 2 aromatic rings. The molecule has 3 rings (SSSR count). The van der Waals surface area contributed by atoms with Crippen LogP contribution in [0.1, 0.15) is 29.6 Å². The standard InChI is InChI=1S/C16H18ClN3O3/c1-10-7-13(17)3-4-14(10)22-9-15(21)20-6-5-12(8-20)16-18-11(2)19-23-16/h3-4,7,12H,5-6,8-9H2,1-2H3/t12-/m0/s1. The molecule has 2 heterocycles. The van der Waals surface area contributed by atoms with Crippen LogP contribution in [0.5, 0.6) is 5.75 Å². The Hall–Kier alpha value is -2.08. The Kier molecular flexibility index (Phi) is 4.52. The Morgan fingerprint density at radius 3 is 3.00 bits per heavy atom. The number of ether oxygens (including phenoxy) is 1. The number of likely N-dealkylation sites (tertiary alicyclic amines) is 1. The molecule has 0 radical (unpaired) electrons. The zero-order valence-electron chi connectivity index (χ0n) is 13.1. The highest BCUT2D eigenvalue weighted by Gasteiger charge is 2.30. The van der Waals surface area contributed by atoms with Gasteiger partial charge in [0.2, 0.25) is 5.89 Å². The summed E-state index contributed by atoms with van der Waals surface area (Å²) in [6, 6.07) is 5.34. The van der Waals surface area contributed by atoms with Gasteiger partial charge in [0, 0.05) is 18.1 Å². The number of carbonyl (C=O) groups excluding carboxylic acids is 1. The number of hydrogen-bond acceptors (Lipinski definition) is 5. The Labute approximate surface area is 139 Å². The average molecular weight is 336 g/mol. The van der Waals surface area contributed by atoms with Gasteiger partial charge >= 0.3 is 0 Å². The Morgan fingerprint density at radius 2 is 2.30 bits per heavy atom. The van der Waals surface area contributed by atoms with Gasteiger partial charge in [-0.1, -0.05) is 16.8 Å². The molecule has 23 heavy (non-hydrogen) atoms. The van der Waals surface area contributed by atoms with Gasteiger partial charge in [-0.25, -0.2) is 0 Å². The lowest BCUT2D eigenvalue weighted by Gasteiger charge is -2.17. The monoisotopic (exact) mass is 335 g/mol. The summed E-state index contributed by atoms with van der Waals surface area (Å²) in [7, 11) is 0. The van der Waals surface area contributed by atoms with Gasteiger partial charge in [-0.15, -0.1) is 0 Å². The number of aryl methyl sites for hydroxylation is 2. The first-order valence-electron chi connectivity index (χ1n) is 7.50. The van der Waals surface area contributed by atoms with Crippen LogP contribution in [0.25, 0.3) is 0 Å². The second-order valence-electron chi connectivity index (χ2n) is 5.70.